The number of aliphatic carboxylic acids is 1. The van der Waals surface area contributed by atoms with Gasteiger partial charge in [0, 0.05) is 7.05 Å². The SMILES string of the molecule is CC(=NN(C)C/C=C/c1ccccc1)C(=O)O. The fourth-order valence-corrected chi connectivity index (χ4v) is 1.25. The lowest BCUT2D eigenvalue weighted by atomic mass is 10.2. The second-order valence-corrected chi connectivity index (χ2v) is 3.64. The average Bonchev–Trinajstić information content (AvgIpc) is 2.30. The molecule has 1 aromatic rings. The first kappa shape index (κ1) is 13.0. The fourth-order valence-electron chi connectivity index (χ4n) is 1.25. The molecule has 1 rings (SSSR count). The van der Waals surface area contributed by atoms with Crippen molar-refractivity contribution in [3.05, 3.63) is 42.0 Å². The van der Waals surface area contributed by atoms with Crippen molar-refractivity contribution in [2.24, 2.45) is 5.10 Å². The van der Waals surface area contributed by atoms with E-state index in [0.717, 1.165) is 5.56 Å². The van der Waals surface area contributed by atoms with E-state index in [-0.39, 0.29) is 5.71 Å². The zero-order valence-electron chi connectivity index (χ0n) is 10.00. The third-order valence-corrected chi connectivity index (χ3v) is 2.11. The fraction of sp³-hybridized carbons (Fsp3) is 0.231. The van der Waals surface area contributed by atoms with Crippen LogP contribution in [-0.2, 0) is 4.79 Å². The Morgan fingerprint density at radius 3 is 2.65 bits per heavy atom. The zero-order chi connectivity index (χ0) is 12.7. The molecule has 0 radical (unpaired) electrons. The summed E-state index contributed by atoms with van der Waals surface area (Å²) in [4.78, 5) is 10.6. The number of hydrazone groups is 1. The molecule has 0 fully saturated rings. The van der Waals surface area contributed by atoms with Crippen LogP contribution >= 0.6 is 0 Å². The van der Waals surface area contributed by atoms with Gasteiger partial charge in [-0.25, -0.2) is 4.79 Å². The normalized spacial score (nSPS) is 11.8. The third-order valence-electron chi connectivity index (χ3n) is 2.11. The number of hydrogen-bond donors (Lipinski definition) is 1. The predicted octanol–water partition coefficient (Wildman–Crippen LogP) is 2.09. The highest BCUT2D eigenvalue weighted by Gasteiger charge is 2.01. The van der Waals surface area contributed by atoms with Crippen LogP contribution < -0.4 is 0 Å². The summed E-state index contributed by atoms with van der Waals surface area (Å²) in [7, 11) is 1.74. The monoisotopic (exact) mass is 232 g/mol. The highest BCUT2D eigenvalue weighted by molar-refractivity contribution is 6.34. The van der Waals surface area contributed by atoms with Crippen LogP contribution in [0.3, 0.4) is 0 Å². The molecule has 4 heteroatoms. The molecule has 1 aromatic carbocycles. The zero-order valence-corrected chi connectivity index (χ0v) is 10.00. The number of carboxylic acid groups (broad SMARTS) is 1. The standard InChI is InChI=1S/C13H16N2O2/c1-11(13(16)17)14-15(2)10-6-9-12-7-4-3-5-8-12/h3-9H,10H2,1-2H3,(H,16,17)/b9-6+,14-11?. The Morgan fingerprint density at radius 1 is 1.41 bits per heavy atom. The van der Waals surface area contributed by atoms with E-state index < -0.39 is 5.97 Å². The lowest BCUT2D eigenvalue weighted by molar-refractivity contribution is -0.129. The van der Waals surface area contributed by atoms with Gasteiger partial charge in [-0.15, -0.1) is 0 Å². The molecule has 0 aromatic heterocycles. The van der Waals surface area contributed by atoms with Gasteiger partial charge in [0.25, 0.3) is 0 Å². The molecule has 0 bridgehead atoms. The van der Waals surface area contributed by atoms with E-state index in [0.29, 0.717) is 6.54 Å². The second kappa shape index (κ2) is 6.48. The first-order valence-electron chi connectivity index (χ1n) is 5.31. The van der Waals surface area contributed by atoms with E-state index in [4.69, 9.17) is 5.11 Å². The molecule has 0 saturated heterocycles. The van der Waals surface area contributed by atoms with Crippen LogP contribution in [0.4, 0.5) is 0 Å². The molecule has 17 heavy (non-hydrogen) atoms. The number of nitrogens with zero attached hydrogens (tertiary/aromatic N) is 2. The van der Waals surface area contributed by atoms with E-state index in [1.54, 1.807) is 12.1 Å². The quantitative estimate of drug-likeness (QED) is 0.624. The van der Waals surface area contributed by atoms with Crippen molar-refractivity contribution in [2.75, 3.05) is 13.6 Å². The van der Waals surface area contributed by atoms with Gasteiger partial charge in [-0.2, -0.15) is 5.10 Å². The van der Waals surface area contributed by atoms with Gasteiger partial charge in [0.15, 0.2) is 0 Å². The summed E-state index contributed by atoms with van der Waals surface area (Å²) < 4.78 is 0. The summed E-state index contributed by atoms with van der Waals surface area (Å²) in [6.45, 7) is 2.04. The third kappa shape index (κ3) is 4.97. The highest BCUT2D eigenvalue weighted by atomic mass is 16.4. The maximum Gasteiger partial charge on any atom is 0.351 e. The van der Waals surface area contributed by atoms with Crippen LogP contribution in [-0.4, -0.2) is 35.4 Å². The number of hydrogen-bond acceptors (Lipinski definition) is 3. The van der Waals surface area contributed by atoms with E-state index in [9.17, 15) is 4.79 Å². The summed E-state index contributed by atoms with van der Waals surface area (Å²) >= 11 is 0. The summed E-state index contributed by atoms with van der Waals surface area (Å²) in [5.41, 5.74) is 1.19. The summed E-state index contributed by atoms with van der Waals surface area (Å²) in [5, 5.41) is 14.2. The molecule has 0 aliphatic heterocycles. The molecule has 1 N–H and O–H groups in total. The molecule has 90 valence electrons. The molecule has 0 heterocycles. The molecule has 4 nitrogen and oxygen atoms in total. The van der Waals surface area contributed by atoms with Gasteiger partial charge in [0.2, 0.25) is 0 Å². The van der Waals surface area contributed by atoms with Crippen molar-refractivity contribution < 1.29 is 9.90 Å². The van der Waals surface area contributed by atoms with Crippen molar-refractivity contribution in [1.82, 2.24) is 5.01 Å². The maximum absolute atomic E-state index is 10.6. The number of likely N-dealkylation sites (N-methyl/N-ethyl adjacent to an activating group) is 1. The molecule has 0 saturated carbocycles. The Hall–Kier alpha value is -2.10. The van der Waals surface area contributed by atoms with E-state index in [1.165, 1.54) is 6.92 Å². The van der Waals surface area contributed by atoms with Gasteiger partial charge >= 0.3 is 5.97 Å². The largest absolute Gasteiger partial charge is 0.477 e. The first-order chi connectivity index (χ1) is 8.09. The summed E-state index contributed by atoms with van der Waals surface area (Å²) in [6.07, 6.45) is 3.91. The smallest absolute Gasteiger partial charge is 0.351 e. The van der Waals surface area contributed by atoms with Gasteiger partial charge in [-0.3, -0.25) is 5.01 Å². The van der Waals surface area contributed by atoms with Gasteiger partial charge in [-0.05, 0) is 12.5 Å². The van der Waals surface area contributed by atoms with Gasteiger partial charge < -0.3 is 5.11 Å². The van der Waals surface area contributed by atoms with Gasteiger partial charge in [0.1, 0.15) is 5.71 Å². The lowest BCUT2D eigenvalue weighted by Gasteiger charge is -2.10. The Morgan fingerprint density at radius 2 is 2.06 bits per heavy atom. The van der Waals surface area contributed by atoms with Crippen LogP contribution in [0.2, 0.25) is 0 Å². The molecule has 0 atom stereocenters. The highest BCUT2D eigenvalue weighted by Crippen LogP contribution is 2.01. The van der Waals surface area contributed by atoms with E-state index >= 15 is 0 Å². The first-order valence-corrected chi connectivity index (χ1v) is 5.31. The van der Waals surface area contributed by atoms with Gasteiger partial charge in [0.05, 0.1) is 6.54 Å². The topological polar surface area (TPSA) is 52.9 Å². The number of benzene rings is 1. The molecular formula is C13H16N2O2. The molecule has 0 aliphatic rings. The molecule has 0 spiro atoms. The number of carboxylic acids is 1. The summed E-state index contributed by atoms with van der Waals surface area (Å²) in [6, 6.07) is 9.90. The Labute approximate surface area is 101 Å². The minimum absolute atomic E-state index is 0.0839. The van der Waals surface area contributed by atoms with Crippen molar-refractivity contribution in [2.45, 2.75) is 6.92 Å². The van der Waals surface area contributed by atoms with Crippen LogP contribution in [0, 0.1) is 0 Å². The summed E-state index contributed by atoms with van der Waals surface area (Å²) in [5.74, 6) is -0.996. The van der Waals surface area contributed by atoms with E-state index in [1.807, 2.05) is 42.5 Å². The van der Waals surface area contributed by atoms with Crippen molar-refractivity contribution in [3.8, 4) is 0 Å². The number of rotatable bonds is 5. The van der Waals surface area contributed by atoms with Crippen molar-refractivity contribution >= 4 is 17.8 Å². The Balaban J connectivity index is 2.49. The van der Waals surface area contributed by atoms with Crippen molar-refractivity contribution in [1.29, 1.82) is 0 Å². The van der Waals surface area contributed by atoms with Crippen LogP contribution in [0.1, 0.15) is 12.5 Å². The molecule has 0 unspecified atom stereocenters. The Bertz CT molecular complexity index is 424. The molecule has 0 aliphatic carbocycles. The molecule has 0 amide bonds. The van der Waals surface area contributed by atoms with Gasteiger partial charge in [-0.1, -0.05) is 42.5 Å². The average molecular weight is 232 g/mol. The number of carbonyl (C=O) groups is 1. The van der Waals surface area contributed by atoms with Crippen LogP contribution in [0.25, 0.3) is 6.08 Å². The minimum atomic E-state index is -0.996. The minimum Gasteiger partial charge on any atom is -0.477 e. The Kier molecular flexibility index (Phi) is 4.94. The van der Waals surface area contributed by atoms with E-state index in [2.05, 4.69) is 5.10 Å². The lowest BCUT2D eigenvalue weighted by Crippen LogP contribution is -2.17. The maximum atomic E-state index is 10.6. The van der Waals surface area contributed by atoms with Crippen LogP contribution in [0.5, 0.6) is 0 Å². The van der Waals surface area contributed by atoms with Crippen LogP contribution in [0.15, 0.2) is 41.5 Å². The molecular weight excluding hydrogens is 216 g/mol. The second-order valence-electron chi connectivity index (χ2n) is 3.64. The predicted molar refractivity (Wildman–Crippen MR) is 68.9 cm³/mol. The van der Waals surface area contributed by atoms with Crippen molar-refractivity contribution in [3.63, 3.8) is 0 Å².